The predicted octanol–water partition coefficient (Wildman–Crippen LogP) is 3.66. The van der Waals surface area contributed by atoms with Crippen LogP contribution in [0, 0.1) is 5.92 Å². The van der Waals surface area contributed by atoms with Crippen LogP contribution in [0.1, 0.15) is 63.5 Å². The van der Waals surface area contributed by atoms with Gasteiger partial charge in [0.2, 0.25) is 5.91 Å². The Kier molecular flexibility index (Phi) is 6.49. The number of ether oxygens (including phenoxy) is 1. The predicted molar refractivity (Wildman–Crippen MR) is 100 cm³/mol. The molecule has 1 aromatic carbocycles. The summed E-state index contributed by atoms with van der Waals surface area (Å²) in [6.45, 7) is 3.54. The normalized spacial score (nSPS) is 22.6. The zero-order valence-electron chi connectivity index (χ0n) is 15.4. The summed E-state index contributed by atoms with van der Waals surface area (Å²) in [5.41, 5.74) is 7.35. The van der Waals surface area contributed by atoms with Crippen LogP contribution in [0.5, 0.6) is 0 Å². The molecule has 2 aliphatic rings. The van der Waals surface area contributed by atoms with Crippen LogP contribution in [-0.2, 0) is 9.53 Å². The van der Waals surface area contributed by atoms with E-state index in [9.17, 15) is 4.79 Å². The fourth-order valence-electron chi connectivity index (χ4n) is 4.09. The second-order valence-corrected chi connectivity index (χ2v) is 7.65. The number of carbonyl (C=O) groups is 1. The van der Waals surface area contributed by atoms with Crippen LogP contribution in [0.3, 0.4) is 0 Å². The summed E-state index contributed by atoms with van der Waals surface area (Å²) in [7, 11) is 0. The van der Waals surface area contributed by atoms with E-state index in [1.54, 1.807) is 0 Å². The van der Waals surface area contributed by atoms with Gasteiger partial charge in [0.25, 0.3) is 0 Å². The lowest BCUT2D eigenvalue weighted by Gasteiger charge is -2.36. The van der Waals surface area contributed by atoms with Crippen molar-refractivity contribution in [2.75, 3.05) is 13.1 Å². The Hall–Kier alpha value is -1.39. The third-order valence-corrected chi connectivity index (χ3v) is 5.80. The largest absolute Gasteiger partial charge is 0.375 e. The maximum absolute atomic E-state index is 12.8. The first kappa shape index (κ1) is 18.4. The van der Waals surface area contributed by atoms with Crippen LogP contribution < -0.4 is 5.73 Å². The topological polar surface area (TPSA) is 55.6 Å². The molecule has 1 amide bonds. The molecule has 1 saturated carbocycles. The third kappa shape index (κ3) is 4.83. The van der Waals surface area contributed by atoms with E-state index in [1.165, 1.54) is 32.1 Å². The van der Waals surface area contributed by atoms with E-state index >= 15 is 0 Å². The van der Waals surface area contributed by atoms with Crippen LogP contribution >= 0.6 is 0 Å². The van der Waals surface area contributed by atoms with E-state index in [0.717, 1.165) is 31.5 Å². The van der Waals surface area contributed by atoms with E-state index in [2.05, 4.69) is 0 Å². The molecule has 4 heteroatoms. The van der Waals surface area contributed by atoms with Gasteiger partial charge in [0.15, 0.2) is 0 Å². The molecule has 1 aromatic rings. The maximum Gasteiger partial charge on any atom is 0.227 e. The quantitative estimate of drug-likeness (QED) is 0.887. The first-order chi connectivity index (χ1) is 12.1. The minimum absolute atomic E-state index is 0.174. The van der Waals surface area contributed by atoms with Gasteiger partial charge in [-0.15, -0.1) is 0 Å². The second kappa shape index (κ2) is 8.81. The number of carbonyl (C=O) groups excluding carboxylic acids is 1. The second-order valence-electron chi connectivity index (χ2n) is 7.65. The minimum Gasteiger partial charge on any atom is -0.375 e. The molecule has 0 bridgehead atoms. The van der Waals surface area contributed by atoms with Crippen LogP contribution in [0.4, 0.5) is 0 Å². The number of hydrogen-bond acceptors (Lipinski definition) is 3. The standard InChI is InChI=1S/C21H32N2O2/c1-16(20(22)17-8-4-2-5-9-17)21(24)23-14-12-19(13-15-23)25-18-10-6-3-7-11-18/h2,4-5,8-9,16,18-20H,3,6-7,10-15,22H2,1H3/t16-,20-/m0/s1. The molecule has 1 saturated heterocycles. The Morgan fingerprint density at radius 1 is 1.04 bits per heavy atom. The smallest absolute Gasteiger partial charge is 0.227 e. The van der Waals surface area contributed by atoms with E-state index < -0.39 is 0 Å². The lowest BCUT2D eigenvalue weighted by atomic mass is 9.93. The van der Waals surface area contributed by atoms with Crippen molar-refractivity contribution in [1.29, 1.82) is 0 Å². The number of rotatable bonds is 5. The highest BCUT2D eigenvalue weighted by molar-refractivity contribution is 5.79. The number of nitrogens with zero attached hydrogens (tertiary/aromatic N) is 1. The van der Waals surface area contributed by atoms with Crippen molar-refractivity contribution in [2.24, 2.45) is 11.7 Å². The van der Waals surface area contributed by atoms with Gasteiger partial charge in [0, 0.05) is 19.1 Å². The molecule has 1 aliphatic heterocycles. The zero-order valence-corrected chi connectivity index (χ0v) is 15.4. The molecule has 2 fully saturated rings. The molecule has 0 radical (unpaired) electrons. The molecule has 1 aliphatic carbocycles. The molecule has 0 aromatic heterocycles. The van der Waals surface area contributed by atoms with Gasteiger partial charge in [-0.1, -0.05) is 56.5 Å². The molecule has 25 heavy (non-hydrogen) atoms. The van der Waals surface area contributed by atoms with Crippen LogP contribution in [0.25, 0.3) is 0 Å². The number of nitrogens with two attached hydrogens (primary N) is 1. The number of likely N-dealkylation sites (tertiary alicyclic amines) is 1. The molecule has 1 heterocycles. The van der Waals surface area contributed by atoms with Crippen LogP contribution in [-0.4, -0.2) is 36.1 Å². The van der Waals surface area contributed by atoms with Crippen LogP contribution in [0.15, 0.2) is 30.3 Å². The number of piperidine rings is 1. The van der Waals surface area contributed by atoms with Gasteiger partial charge in [0.1, 0.15) is 0 Å². The lowest BCUT2D eigenvalue weighted by molar-refractivity contribution is -0.139. The SMILES string of the molecule is C[C@H](C(=O)N1CCC(OC2CCCCC2)CC1)[C@H](N)c1ccccc1. The number of benzene rings is 1. The number of amides is 1. The summed E-state index contributed by atoms with van der Waals surface area (Å²) in [6, 6.07) is 9.67. The average Bonchev–Trinajstić information content (AvgIpc) is 2.68. The summed E-state index contributed by atoms with van der Waals surface area (Å²) in [4.78, 5) is 14.8. The third-order valence-electron chi connectivity index (χ3n) is 5.80. The van der Waals surface area contributed by atoms with Gasteiger partial charge < -0.3 is 15.4 Å². The Bertz CT molecular complexity index is 534. The highest BCUT2D eigenvalue weighted by atomic mass is 16.5. The average molecular weight is 344 g/mol. The monoisotopic (exact) mass is 344 g/mol. The molecule has 2 atom stereocenters. The first-order valence-electron chi connectivity index (χ1n) is 9.90. The van der Waals surface area contributed by atoms with Crippen molar-refractivity contribution in [1.82, 2.24) is 4.90 Å². The van der Waals surface area contributed by atoms with Gasteiger partial charge >= 0.3 is 0 Å². The van der Waals surface area contributed by atoms with Crippen molar-refractivity contribution >= 4 is 5.91 Å². The molecule has 3 rings (SSSR count). The number of hydrogen-bond donors (Lipinski definition) is 1. The fraction of sp³-hybridized carbons (Fsp3) is 0.667. The summed E-state index contributed by atoms with van der Waals surface area (Å²) in [6.07, 6.45) is 9.06. The summed E-state index contributed by atoms with van der Waals surface area (Å²) in [5.74, 6) is -0.0225. The summed E-state index contributed by atoms with van der Waals surface area (Å²) in [5, 5.41) is 0. The molecular weight excluding hydrogens is 312 g/mol. The van der Waals surface area contributed by atoms with Gasteiger partial charge in [-0.2, -0.15) is 0 Å². The molecule has 0 spiro atoms. The Balaban J connectivity index is 1.47. The van der Waals surface area contributed by atoms with Crippen molar-refractivity contribution in [2.45, 2.75) is 70.1 Å². The molecule has 138 valence electrons. The lowest BCUT2D eigenvalue weighted by Crippen LogP contribution is -2.45. The van der Waals surface area contributed by atoms with E-state index in [4.69, 9.17) is 10.5 Å². The minimum atomic E-state index is -0.245. The fourth-order valence-corrected chi connectivity index (χ4v) is 4.09. The molecule has 4 nitrogen and oxygen atoms in total. The summed E-state index contributed by atoms with van der Waals surface area (Å²) < 4.78 is 6.27. The zero-order chi connectivity index (χ0) is 17.6. The Morgan fingerprint density at radius 3 is 2.28 bits per heavy atom. The van der Waals surface area contributed by atoms with Gasteiger partial charge in [0.05, 0.1) is 18.1 Å². The highest BCUT2D eigenvalue weighted by Crippen LogP contribution is 2.26. The molecular formula is C21H32N2O2. The van der Waals surface area contributed by atoms with Gasteiger partial charge in [-0.05, 0) is 31.2 Å². The van der Waals surface area contributed by atoms with Crippen LogP contribution in [0.2, 0.25) is 0 Å². The molecule has 0 unspecified atom stereocenters. The van der Waals surface area contributed by atoms with E-state index in [1.807, 2.05) is 42.2 Å². The van der Waals surface area contributed by atoms with E-state index in [-0.39, 0.29) is 17.9 Å². The summed E-state index contributed by atoms with van der Waals surface area (Å²) >= 11 is 0. The highest BCUT2D eigenvalue weighted by Gasteiger charge is 2.30. The van der Waals surface area contributed by atoms with Crippen molar-refractivity contribution in [3.8, 4) is 0 Å². The van der Waals surface area contributed by atoms with Gasteiger partial charge in [-0.25, -0.2) is 0 Å². The van der Waals surface area contributed by atoms with Crippen molar-refractivity contribution < 1.29 is 9.53 Å². The maximum atomic E-state index is 12.8. The van der Waals surface area contributed by atoms with E-state index in [0.29, 0.717) is 12.2 Å². The molecule has 2 N–H and O–H groups in total. The Labute approximate surface area is 151 Å². The van der Waals surface area contributed by atoms with Crippen molar-refractivity contribution in [3.63, 3.8) is 0 Å². The Morgan fingerprint density at radius 2 is 1.64 bits per heavy atom. The first-order valence-corrected chi connectivity index (χ1v) is 9.90. The van der Waals surface area contributed by atoms with Crippen molar-refractivity contribution in [3.05, 3.63) is 35.9 Å². The van der Waals surface area contributed by atoms with Gasteiger partial charge in [-0.3, -0.25) is 4.79 Å².